The topological polar surface area (TPSA) is 28.2 Å². The number of aromatic nitrogens is 1. The van der Waals surface area contributed by atoms with Crippen molar-refractivity contribution in [1.29, 1.82) is 0 Å². The normalized spacial score (nSPS) is 23.9. The molecule has 3 heteroatoms. The molecule has 2 unspecified atom stereocenters. The molecule has 0 radical (unpaired) electrons. The van der Waals surface area contributed by atoms with Crippen molar-refractivity contribution in [2.75, 3.05) is 18.0 Å². The lowest BCUT2D eigenvalue weighted by molar-refractivity contribution is 0.354. The van der Waals surface area contributed by atoms with Crippen LogP contribution in [-0.2, 0) is 6.54 Å². The summed E-state index contributed by atoms with van der Waals surface area (Å²) >= 11 is 0. The summed E-state index contributed by atoms with van der Waals surface area (Å²) in [6.45, 7) is 12.2. The summed E-state index contributed by atoms with van der Waals surface area (Å²) < 4.78 is 0. The minimum absolute atomic E-state index is 0.507. The Balaban J connectivity index is 2.14. The van der Waals surface area contributed by atoms with Gasteiger partial charge >= 0.3 is 0 Å². The number of pyridine rings is 1. The van der Waals surface area contributed by atoms with Crippen molar-refractivity contribution in [3.05, 3.63) is 23.9 Å². The van der Waals surface area contributed by atoms with E-state index in [9.17, 15) is 0 Å². The molecular formula is C16H27N3. The molecule has 0 saturated carbocycles. The molecule has 106 valence electrons. The van der Waals surface area contributed by atoms with E-state index in [1.54, 1.807) is 0 Å². The summed E-state index contributed by atoms with van der Waals surface area (Å²) in [6.07, 6.45) is 3.25. The number of hydrogen-bond acceptors (Lipinski definition) is 3. The summed E-state index contributed by atoms with van der Waals surface area (Å²) in [6, 6.07) is 4.74. The standard InChI is InChI=1S/C16H27N3/c1-12(2)18-9-15-6-5-7-17-16(15)19-10-13(3)8-14(4)11-19/h5-7,12-14,18H,8-11H2,1-4H3. The van der Waals surface area contributed by atoms with Crippen LogP contribution in [0.5, 0.6) is 0 Å². The second-order valence-corrected chi connectivity index (χ2v) is 6.37. The Morgan fingerprint density at radius 3 is 2.63 bits per heavy atom. The molecule has 3 nitrogen and oxygen atoms in total. The number of nitrogens with zero attached hydrogens (tertiary/aromatic N) is 2. The van der Waals surface area contributed by atoms with Crippen LogP contribution in [0, 0.1) is 11.8 Å². The van der Waals surface area contributed by atoms with E-state index in [-0.39, 0.29) is 0 Å². The van der Waals surface area contributed by atoms with Crippen LogP contribution >= 0.6 is 0 Å². The quantitative estimate of drug-likeness (QED) is 0.903. The molecule has 1 saturated heterocycles. The van der Waals surface area contributed by atoms with Gasteiger partial charge in [0, 0.05) is 37.4 Å². The summed E-state index contributed by atoms with van der Waals surface area (Å²) in [5, 5.41) is 3.50. The first kappa shape index (κ1) is 14.3. The van der Waals surface area contributed by atoms with Crippen LogP contribution in [0.2, 0.25) is 0 Å². The maximum absolute atomic E-state index is 4.64. The zero-order chi connectivity index (χ0) is 13.8. The van der Waals surface area contributed by atoms with Gasteiger partial charge < -0.3 is 10.2 Å². The van der Waals surface area contributed by atoms with Crippen molar-refractivity contribution in [2.45, 2.75) is 46.7 Å². The Kier molecular flexibility index (Phi) is 4.81. The molecular weight excluding hydrogens is 234 g/mol. The zero-order valence-electron chi connectivity index (χ0n) is 12.7. The van der Waals surface area contributed by atoms with Crippen molar-refractivity contribution in [1.82, 2.24) is 10.3 Å². The van der Waals surface area contributed by atoms with Gasteiger partial charge in [0.2, 0.25) is 0 Å². The number of anilines is 1. The van der Waals surface area contributed by atoms with Crippen molar-refractivity contribution >= 4 is 5.82 Å². The van der Waals surface area contributed by atoms with Crippen LogP contribution in [0.25, 0.3) is 0 Å². The minimum atomic E-state index is 0.507. The molecule has 0 bridgehead atoms. The SMILES string of the molecule is CC1CC(C)CN(c2ncccc2CNC(C)C)C1. The largest absolute Gasteiger partial charge is 0.356 e. The van der Waals surface area contributed by atoms with Crippen LogP contribution < -0.4 is 10.2 Å². The third kappa shape index (κ3) is 3.93. The van der Waals surface area contributed by atoms with Gasteiger partial charge in [0.25, 0.3) is 0 Å². The predicted octanol–water partition coefficient (Wildman–Crippen LogP) is 3.06. The molecule has 1 aliphatic rings. The molecule has 0 aliphatic carbocycles. The number of rotatable bonds is 4. The zero-order valence-corrected chi connectivity index (χ0v) is 12.7. The lowest BCUT2D eigenvalue weighted by Crippen LogP contribution is -2.40. The predicted molar refractivity (Wildman–Crippen MR) is 81.4 cm³/mol. The molecule has 2 atom stereocenters. The maximum atomic E-state index is 4.64. The highest BCUT2D eigenvalue weighted by Crippen LogP contribution is 2.27. The van der Waals surface area contributed by atoms with E-state index in [1.165, 1.54) is 17.8 Å². The van der Waals surface area contributed by atoms with E-state index in [0.717, 1.165) is 31.5 Å². The van der Waals surface area contributed by atoms with Crippen molar-refractivity contribution in [3.8, 4) is 0 Å². The fourth-order valence-electron chi connectivity index (χ4n) is 3.00. The Bertz CT molecular complexity index is 393. The first-order chi connectivity index (χ1) is 9.06. The van der Waals surface area contributed by atoms with E-state index in [2.05, 4.69) is 49.0 Å². The Morgan fingerprint density at radius 1 is 1.32 bits per heavy atom. The first-order valence-electron chi connectivity index (χ1n) is 7.48. The van der Waals surface area contributed by atoms with Gasteiger partial charge in [-0.2, -0.15) is 0 Å². The van der Waals surface area contributed by atoms with Gasteiger partial charge in [0.15, 0.2) is 0 Å². The second kappa shape index (κ2) is 6.38. The van der Waals surface area contributed by atoms with Gasteiger partial charge in [-0.1, -0.05) is 33.8 Å². The highest BCUT2D eigenvalue weighted by Gasteiger charge is 2.24. The minimum Gasteiger partial charge on any atom is -0.356 e. The van der Waals surface area contributed by atoms with E-state index in [4.69, 9.17) is 0 Å². The maximum Gasteiger partial charge on any atom is 0.133 e. The van der Waals surface area contributed by atoms with E-state index < -0.39 is 0 Å². The van der Waals surface area contributed by atoms with Gasteiger partial charge in [-0.05, 0) is 24.3 Å². The molecule has 2 rings (SSSR count). The molecule has 0 amide bonds. The number of piperidine rings is 1. The molecule has 1 aromatic rings. The summed E-state index contributed by atoms with van der Waals surface area (Å²) in [4.78, 5) is 7.10. The fourth-order valence-corrected chi connectivity index (χ4v) is 3.00. The lowest BCUT2D eigenvalue weighted by Gasteiger charge is -2.36. The average molecular weight is 261 g/mol. The van der Waals surface area contributed by atoms with Crippen LogP contribution in [0.1, 0.15) is 39.7 Å². The van der Waals surface area contributed by atoms with E-state index in [0.29, 0.717) is 6.04 Å². The highest BCUT2D eigenvalue weighted by atomic mass is 15.2. The average Bonchev–Trinajstić information content (AvgIpc) is 2.35. The van der Waals surface area contributed by atoms with Gasteiger partial charge in [-0.3, -0.25) is 0 Å². The molecule has 1 N–H and O–H groups in total. The van der Waals surface area contributed by atoms with Gasteiger partial charge in [-0.15, -0.1) is 0 Å². The Hall–Kier alpha value is -1.09. The smallest absolute Gasteiger partial charge is 0.133 e. The van der Waals surface area contributed by atoms with Crippen LogP contribution in [0.15, 0.2) is 18.3 Å². The number of hydrogen-bond donors (Lipinski definition) is 1. The highest BCUT2D eigenvalue weighted by molar-refractivity contribution is 5.47. The molecule has 1 aliphatic heterocycles. The van der Waals surface area contributed by atoms with Crippen molar-refractivity contribution in [3.63, 3.8) is 0 Å². The van der Waals surface area contributed by atoms with Crippen molar-refractivity contribution in [2.24, 2.45) is 11.8 Å². The van der Waals surface area contributed by atoms with Gasteiger partial charge in [0.1, 0.15) is 5.82 Å². The van der Waals surface area contributed by atoms with E-state index >= 15 is 0 Å². The third-order valence-electron chi connectivity index (χ3n) is 3.74. The van der Waals surface area contributed by atoms with Gasteiger partial charge in [0.05, 0.1) is 0 Å². The molecule has 0 aromatic carbocycles. The second-order valence-electron chi connectivity index (χ2n) is 6.37. The van der Waals surface area contributed by atoms with Crippen LogP contribution in [0.4, 0.5) is 5.82 Å². The summed E-state index contributed by atoms with van der Waals surface area (Å²) in [5.74, 6) is 2.70. The third-order valence-corrected chi connectivity index (χ3v) is 3.74. The van der Waals surface area contributed by atoms with E-state index in [1.807, 2.05) is 12.3 Å². The Labute approximate surface area is 117 Å². The molecule has 2 heterocycles. The molecule has 19 heavy (non-hydrogen) atoms. The first-order valence-corrected chi connectivity index (χ1v) is 7.48. The van der Waals surface area contributed by atoms with Crippen molar-refractivity contribution < 1.29 is 0 Å². The monoisotopic (exact) mass is 261 g/mol. The van der Waals surface area contributed by atoms with Crippen LogP contribution in [0.3, 0.4) is 0 Å². The molecule has 1 aromatic heterocycles. The molecule has 0 spiro atoms. The lowest BCUT2D eigenvalue weighted by atomic mass is 9.91. The molecule has 1 fully saturated rings. The summed E-state index contributed by atoms with van der Waals surface area (Å²) in [7, 11) is 0. The number of nitrogens with one attached hydrogen (secondary N) is 1. The Morgan fingerprint density at radius 2 is 2.00 bits per heavy atom. The van der Waals surface area contributed by atoms with Gasteiger partial charge in [-0.25, -0.2) is 4.98 Å². The fraction of sp³-hybridized carbons (Fsp3) is 0.688. The van der Waals surface area contributed by atoms with Crippen LogP contribution in [-0.4, -0.2) is 24.1 Å². The summed E-state index contributed by atoms with van der Waals surface area (Å²) in [5.41, 5.74) is 1.32.